The lowest BCUT2D eigenvalue weighted by Gasteiger charge is -2.21. The van der Waals surface area contributed by atoms with Gasteiger partial charge in [-0.15, -0.1) is 0 Å². The Hall–Kier alpha value is -8.38. The highest BCUT2D eigenvalue weighted by Gasteiger charge is 2.30. The Kier molecular flexibility index (Phi) is 21.2. The van der Waals surface area contributed by atoms with E-state index in [1.165, 1.54) is 32.4 Å². The Morgan fingerprint density at radius 3 is 1.45 bits per heavy atom. The van der Waals surface area contributed by atoms with Gasteiger partial charge < -0.3 is 58.7 Å². The fraction of sp³-hybridized carbons (Fsp3) is 0.292. The van der Waals surface area contributed by atoms with Crippen LogP contribution in [0.25, 0.3) is 65.2 Å². The lowest BCUT2D eigenvalue weighted by atomic mass is 9.98. The molecule has 0 saturated carbocycles. The van der Waals surface area contributed by atoms with Crippen molar-refractivity contribution in [2.75, 3.05) is 58.8 Å². The molecule has 0 unspecified atom stereocenters. The average molecular weight is 1320 g/mol. The summed E-state index contributed by atoms with van der Waals surface area (Å²) in [7, 11) is 9.73. The van der Waals surface area contributed by atoms with Gasteiger partial charge in [0.15, 0.2) is 28.8 Å². The average Bonchev–Trinajstić information content (AvgIpc) is 1.05. The van der Waals surface area contributed by atoms with Crippen LogP contribution in [0.4, 0.5) is 0 Å². The molecule has 23 nitrogen and oxygen atoms in total. The van der Waals surface area contributed by atoms with Crippen LogP contribution in [-0.2, 0) is 58.7 Å². The molecule has 27 heteroatoms. The van der Waals surface area contributed by atoms with Crippen LogP contribution in [-0.4, -0.2) is 142 Å². The first-order valence-corrected chi connectivity index (χ1v) is 33.9. The third-order valence-electron chi connectivity index (χ3n) is 15.7. The number of aromatic nitrogens is 6. The highest BCUT2D eigenvalue weighted by atomic mass is 33.1. The molecule has 0 atom stereocenters. The molecule has 13 rings (SSSR count). The molecule has 3 aliphatic heterocycles. The summed E-state index contributed by atoms with van der Waals surface area (Å²) >= 11 is 0. The molecule has 0 spiro atoms. The number of pyridine rings is 6. The maximum atomic E-state index is 14.0. The van der Waals surface area contributed by atoms with Crippen LogP contribution in [0.3, 0.4) is 0 Å². The van der Waals surface area contributed by atoms with Crippen molar-refractivity contribution in [2.24, 2.45) is 0 Å². The van der Waals surface area contributed by atoms with Crippen molar-refractivity contribution >= 4 is 132 Å². The van der Waals surface area contributed by atoms with Crippen LogP contribution in [0.5, 0.6) is 23.0 Å². The molecule has 9 heterocycles. The number of amides is 3. The van der Waals surface area contributed by atoms with Crippen molar-refractivity contribution in [3.63, 3.8) is 0 Å². The second kappa shape index (κ2) is 29.9. The number of Topliss-reactive ketones (excluding diaryl/α,β-unsaturated/α-hetero) is 1. The molecular formula is C65H63N9O14S4. The predicted molar refractivity (Wildman–Crippen MR) is 355 cm³/mol. The predicted octanol–water partition coefficient (Wildman–Crippen LogP) is 7.67. The monoisotopic (exact) mass is 1320 g/mol. The number of carbonyl (C=O) groups excluding carboxylic acids is 4. The molecule has 1 saturated heterocycles. The second-order valence-corrected chi connectivity index (χ2v) is 26.2. The number of imide groups is 1. The van der Waals surface area contributed by atoms with Crippen molar-refractivity contribution < 1.29 is 58.6 Å². The lowest BCUT2D eigenvalue weighted by Crippen LogP contribution is -2.34. The number of aliphatic hydroxyl groups excluding tert-OH is 4. The molecule has 0 radical (unpaired) electrons. The van der Waals surface area contributed by atoms with Crippen molar-refractivity contribution in [3.05, 3.63) is 153 Å². The molecule has 3 aliphatic rings. The van der Waals surface area contributed by atoms with Crippen molar-refractivity contribution in [2.45, 2.75) is 75.3 Å². The van der Waals surface area contributed by atoms with Crippen LogP contribution in [0, 0.1) is 0 Å². The Labute approximate surface area is 541 Å². The summed E-state index contributed by atoms with van der Waals surface area (Å²) in [6.07, 6.45) is 8.09. The zero-order valence-electron chi connectivity index (χ0n) is 50.0. The van der Waals surface area contributed by atoms with E-state index in [0.717, 1.165) is 31.2 Å². The van der Waals surface area contributed by atoms with Crippen LogP contribution < -0.4 is 35.4 Å². The minimum atomic E-state index is -0.309. The zero-order chi connectivity index (χ0) is 64.4. The van der Waals surface area contributed by atoms with Gasteiger partial charge in [-0.2, -0.15) is 0 Å². The highest BCUT2D eigenvalue weighted by Crippen LogP contribution is 2.41. The molecule has 0 bridgehead atoms. The maximum Gasteiger partial charge on any atom is 0.259 e. The number of rotatable bonds is 22. The zero-order valence-corrected chi connectivity index (χ0v) is 53.3. The number of likely N-dealkylation sites (N-methyl/N-ethyl adjacent to an activating group) is 2. The van der Waals surface area contributed by atoms with Crippen molar-refractivity contribution in [1.29, 1.82) is 0 Å². The number of hydrogen-bond acceptors (Lipinski definition) is 23. The molecule has 1 fully saturated rings. The summed E-state index contributed by atoms with van der Waals surface area (Å²) in [5.41, 5.74) is 4.49. The number of benzene rings is 4. The smallest absolute Gasteiger partial charge is 0.259 e. The summed E-state index contributed by atoms with van der Waals surface area (Å²) in [6.45, 7) is 0.750. The lowest BCUT2D eigenvalue weighted by molar-refractivity contribution is -0.141. The van der Waals surface area contributed by atoms with E-state index in [2.05, 4.69) is 25.3 Å². The number of hydrogen-bond donors (Lipinski definition) is 5. The van der Waals surface area contributed by atoms with Gasteiger partial charge in [0.1, 0.15) is 10.1 Å². The molecule has 476 valence electrons. The fourth-order valence-electron chi connectivity index (χ4n) is 10.9. The Morgan fingerprint density at radius 1 is 0.554 bits per heavy atom. The summed E-state index contributed by atoms with van der Waals surface area (Å²) in [5.74, 6) is 3.10. The first-order chi connectivity index (χ1) is 44.8. The molecular weight excluding hydrogens is 1260 g/mol. The van der Waals surface area contributed by atoms with E-state index in [0.29, 0.717) is 138 Å². The number of likely N-dealkylation sites (tertiary alicyclic amines) is 1. The quantitative estimate of drug-likeness (QED) is 0.0188. The normalized spacial score (nSPS) is 13.2. The van der Waals surface area contributed by atoms with E-state index in [1.54, 1.807) is 87.0 Å². The van der Waals surface area contributed by atoms with Gasteiger partial charge in [-0.1, -0.05) is 33.7 Å². The molecule has 92 heavy (non-hydrogen) atoms. The van der Waals surface area contributed by atoms with Crippen LogP contribution in [0.1, 0.15) is 47.9 Å². The van der Waals surface area contributed by atoms with Gasteiger partial charge in [-0.05, 0) is 122 Å². The number of nitrogens with zero attached hydrogens (tertiary/aromatic N) is 8. The number of carbonyl (C=O) groups is 4. The number of nitrogens with one attached hydrogen (secondary N) is 1. The first-order valence-electron chi connectivity index (χ1n) is 29.3. The largest absolute Gasteiger partial charge is 0.454 e. The van der Waals surface area contributed by atoms with E-state index in [9.17, 15) is 49.2 Å². The van der Waals surface area contributed by atoms with E-state index >= 15 is 0 Å². The van der Waals surface area contributed by atoms with Gasteiger partial charge in [0.2, 0.25) is 31.3 Å². The van der Waals surface area contributed by atoms with Crippen molar-refractivity contribution in [1.82, 2.24) is 44.2 Å². The standard InChI is InChI=1S/C30H28N4O6S2.C22H21N3O5.C13H14N2O3S2/c1-33(28(37)5-9-41-42-27-4-2-3-6-31-27)7-8-34-29-22-12-25-26(40-17-39-25)13-24(22)32-14-23(29)20-10-18(15-35)19(16-36)11-21(20)30(34)38;1-23-2-3-25-21-16-6-19-20(30-11-29-19)7-18(16)24-8-17(21)14-4-12(9-26)13(10-27)5-15(14)22(25)28;16-10(9-15-12(17)4-5-13(15)18)6-8-19-20-11-3-1-2-7-14-11/h2-4,6,10-14,35-36H,5,7-9,15-17H2,1H3;4-8,23,26-27H,2-3,9-11H2,1H3;1-3,7H,4-6,8-9H2. The summed E-state index contributed by atoms with van der Waals surface area (Å²) in [5, 5.41) is 49.4. The minimum absolute atomic E-state index is 0.0210. The van der Waals surface area contributed by atoms with Crippen LogP contribution in [0.2, 0.25) is 0 Å². The van der Waals surface area contributed by atoms with Gasteiger partial charge in [-0.3, -0.25) is 43.6 Å². The van der Waals surface area contributed by atoms with E-state index < -0.39 is 0 Å². The number of ether oxygens (including phenoxy) is 4. The number of aliphatic hydroxyl groups is 4. The SMILES string of the molecule is CN(CCn1c(=O)c2cc(CO)c(CO)cc2c2cnc3cc4c(cc3c21)OCO4)C(=O)CCSSc1ccccn1.CNCCn1c(=O)c2cc(CO)c(CO)cc2c2cnc3cc4c(cc3c21)OCO4.O=C(CCSSc1ccccn1)CN1C(=O)CCC1=O. The van der Waals surface area contributed by atoms with Gasteiger partial charge in [0.25, 0.3) is 11.1 Å². The molecule has 4 aromatic carbocycles. The van der Waals surface area contributed by atoms with Gasteiger partial charge in [-0.25, -0.2) is 9.97 Å². The Balaban J connectivity index is 0.000000151. The van der Waals surface area contributed by atoms with E-state index in [4.69, 9.17) is 18.9 Å². The van der Waals surface area contributed by atoms with Crippen molar-refractivity contribution in [3.8, 4) is 23.0 Å². The Bertz CT molecular complexity index is 4570. The fourth-order valence-corrected chi connectivity index (χ4v) is 14.7. The first kappa shape index (κ1) is 65.1. The molecule has 5 N–H and O–H groups in total. The summed E-state index contributed by atoms with van der Waals surface area (Å²) in [4.78, 5) is 95.4. The Morgan fingerprint density at radius 2 is 1.00 bits per heavy atom. The number of ketones is 1. The van der Waals surface area contributed by atoms with Crippen LogP contribution >= 0.6 is 43.2 Å². The van der Waals surface area contributed by atoms with Crippen LogP contribution in [0.15, 0.2) is 129 Å². The third kappa shape index (κ3) is 14.2. The molecule has 6 aromatic heterocycles. The van der Waals surface area contributed by atoms with Gasteiger partial charge in [0, 0.05) is 140 Å². The van der Waals surface area contributed by atoms with E-state index in [1.807, 2.05) is 61.6 Å². The highest BCUT2D eigenvalue weighted by molar-refractivity contribution is 8.77. The summed E-state index contributed by atoms with van der Waals surface area (Å²) in [6, 6.07) is 25.5. The van der Waals surface area contributed by atoms with Gasteiger partial charge in [0.05, 0.1) is 55.0 Å². The van der Waals surface area contributed by atoms with E-state index in [-0.39, 0.29) is 101 Å². The number of fused-ring (bicyclic) bond motifs is 12. The molecule has 0 aliphatic carbocycles. The molecule has 10 aromatic rings. The molecule has 3 amide bonds. The second-order valence-electron chi connectivity index (χ2n) is 21.3. The topological polar surface area (TPSA) is 300 Å². The minimum Gasteiger partial charge on any atom is -0.454 e. The maximum absolute atomic E-state index is 14.0. The third-order valence-corrected chi connectivity index (χ3v) is 20.2. The summed E-state index contributed by atoms with van der Waals surface area (Å²) < 4.78 is 25.6. The van der Waals surface area contributed by atoms with Gasteiger partial charge >= 0.3 is 0 Å².